The summed E-state index contributed by atoms with van der Waals surface area (Å²) in [5, 5.41) is 9.14. The van der Waals surface area contributed by atoms with E-state index in [1.807, 2.05) is 0 Å². The van der Waals surface area contributed by atoms with Gasteiger partial charge in [-0.05, 0) is 6.92 Å². The van der Waals surface area contributed by atoms with Crippen molar-refractivity contribution in [2.24, 2.45) is 5.92 Å². The Kier molecular flexibility index (Phi) is 1.66. The lowest BCUT2D eigenvalue weighted by Gasteiger charge is -2.42. The van der Waals surface area contributed by atoms with Crippen LogP contribution in [0.5, 0.6) is 0 Å². The Bertz CT molecular complexity index is 253. The molecule has 0 spiro atoms. The van der Waals surface area contributed by atoms with Crippen molar-refractivity contribution >= 4 is 22.8 Å². The molecule has 2 unspecified atom stereocenters. The average molecular weight is 187 g/mol. The SMILES string of the molecule is CC(O)C1C(=O)N2CC(=O)S[C@@H]12. The number of hydrogen-bond acceptors (Lipinski definition) is 4. The second-order valence-electron chi connectivity index (χ2n) is 3.11. The van der Waals surface area contributed by atoms with Gasteiger partial charge in [-0.1, -0.05) is 11.8 Å². The van der Waals surface area contributed by atoms with E-state index in [1.54, 1.807) is 6.92 Å². The minimum absolute atomic E-state index is 0.0245. The van der Waals surface area contributed by atoms with E-state index in [9.17, 15) is 14.7 Å². The monoisotopic (exact) mass is 187 g/mol. The van der Waals surface area contributed by atoms with Crippen LogP contribution in [0.1, 0.15) is 6.92 Å². The Labute approximate surface area is 73.9 Å². The highest BCUT2D eigenvalue weighted by Crippen LogP contribution is 2.42. The Morgan fingerprint density at radius 3 is 2.92 bits per heavy atom. The molecule has 2 rings (SSSR count). The zero-order valence-electron chi connectivity index (χ0n) is 6.56. The van der Waals surface area contributed by atoms with E-state index >= 15 is 0 Å². The van der Waals surface area contributed by atoms with Crippen molar-refractivity contribution < 1.29 is 14.7 Å². The minimum atomic E-state index is -0.642. The third kappa shape index (κ3) is 0.895. The molecule has 2 fully saturated rings. The Balaban J connectivity index is 2.13. The van der Waals surface area contributed by atoms with E-state index < -0.39 is 6.10 Å². The second kappa shape index (κ2) is 2.47. The van der Waals surface area contributed by atoms with Crippen LogP contribution in [0.15, 0.2) is 0 Å². The fourth-order valence-electron chi connectivity index (χ4n) is 1.61. The second-order valence-corrected chi connectivity index (χ2v) is 4.29. The molecule has 1 N–H and O–H groups in total. The first-order valence-corrected chi connectivity index (χ1v) is 4.67. The van der Waals surface area contributed by atoms with Gasteiger partial charge in [0.15, 0.2) is 0 Å². The van der Waals surface area contributed by atoms with Gasteiger partial charge in [0.05, 0.1) is 23.9 Å². The number of hydrogen-bond donors (Lipinski definition) is 1. The van der Waals surface area contributed by atoms with Crippen molar-refractivity contribution in [1.82, 2.24) is 4.90 Å². The number of thioether (sulfide) groups is 1. The minimum Gasteiger partial charge on any atom is -0.392 e. The summed E-state index contributed by atoms with van der Waals surface area (Å²) in [7, 11) is 0. The van der Waals surface area contributed by atoms with Crippen LogP contribution in [-0.4, -0.2) is 39.1 Å². The number of rotatable bonds is 1. The molecule has 0 aromatic carbocycles. The summed E-state index contributed by atoms with van der Waals surface area (Å²) in [4.78, 5) is 23.7. The summed E-state index contributed by atoms with van der Waals surface area (Å²) >= 11 is 1.16. The zero-order valence-corrected chi connectivity index (χ0v) is 7.37. The predicted molar refractivity (Wildman–Crippen MR) is 43.3 cm³/mol. The largest absolute Gasteiger partial charge is 0.392 e. The molecule has 3 atom stereocenters. The summed E-state index contributed by atoms with van der Waals surface area (Å²) in [5.74, 6) is -0.449. The fraction of sp³-hybridized carbons (Fsp3) is 0.714. The van der Waals surface area contributed by atoms with Gasteiger partial charge in [0.25, 0.3) is 0 Å². The van der Waals surface area contributed by atoms with Gasteiger partial charge >= 0.3 is 0 Å². The van der Waals surface area contributed by atoms with E-state index in [0.717, 1.165) is 11.8 Å². The third-order valence-electron chi connectivity index (χ3n) is 2.25. The summed E-state index contributed by atoms with van der Waals surface area (Å²) in [6.07, 6.45) is -0.642. The van der Waals surface area contributed by atoms with E-state index in [4.69, 9.17) is 0 Å². The summed E-state index contributed by atoms with van der Waals surface area (Å²) in [6, 6.07) is 0. The van der Waals surface area contributed by atoms with E-state index in [2.05, 4.69) is 0 Å². The molecule has 0 aliphatic carbocycles. The lowest BCUT2D eigenvalue weighted by molar-refractivity contribution is -0.156. The van der Waals surface area contributed by atoms with Gasteiger partial charge in [0, 0.05) is 0 Å². The van der Waals surface area contributed by atoms with Gasteiger partial charge in [0.2, 0.25) is 11.0 Å². The van der Waals surface area contributed by atoms with Gasteiger partial charge in [-0.2, -0.15) is 0 Å². The highest BCUT2D eigenvalue weighted by Gasteiger charge is 2.55. The van der Waals surface area contributed by atoms with Crippen LogP contribution in [0.4, 0.5) is 0 Å². The molecule has 2 heterocycles. The van der Waals surface area contributed by atoms with Crippen molar-refractivity contribution in [1.29, 1.82) is 0 Å². The summed E-state index contributed by atoms with van der Waals surface area (Å²) in [5.41, 5.74) is 0. The number of β-lactam (4-membered cyclic amide) rings is 1. The highest BCUT2D eigenvalue weighted by atomic mass is 32.2. The van der Waals surface area contributed by atoms with Crippen molar-refractivity contribution in [2.75, 3.05) is 6.54 Å². The molecule has 0 radical (unpaired) electrons. The van der Waals surface area contributed by atoms with Crippen molar-refractivity contribution in [3.8, 4) is 0 Å². The van der Waals surface area contributed by atoms with Gasteiger partial charge < -0.3 is 10.0 Å². The highest BCUT2D eigenvalue weighted by molar-refractivity contribution is 8.14. The normalized spacial score (nSPS) is 36.3. The molecule has 1 amide bonds. The summed E-state index contributed by atoms with van der Waals surface area (Å²) < 4.78 is 0. The topological polar surface area (TPSA) is 57.6 Å². The molecule has 2 aliphatic rings. The maximum Gasteiger partial charge on any atom is 0.232 e. The first-order valence-electron chi connectivity index (χ1n) is 3.79. The number of nitrogens with zero attached hydrogens (tertiary/aromatic N) is 1. The third-order valence-corrected chi connectivity index (χ3v) is 3.44. The van der Waals surface area contributed by atoms with E-state index in [0.29, 0.717) is 0 Å². The smallest absolute Gasteiger partial charge is 0.232 e. The van der Waals surface area contributed by atoms with E-state index in [-0.39, 0.29) is 28.9 Å². The van der Waals surface area contributed by atoms with E-state index in [1.165, 1.54) is 4.90 Å². The maximum atomic E-state index is 11.2. The van der Waals surface area contributed by atoms with Crippen LogP contribution in [-0.2, 0) is 9.59 Å². The molecule has 0 aromatic heterocycles. The Hall–Kier alpha value is -0.550. The number of amides is 1. The molecule has 66 valence electrons. The zero-order chi connectivity index (χ0) is 8.88. The number of fused-ring (bicyclic) bond motifs is 1. The molecular formula is C7H9NO3S. The van der Waals surface area contributed by atoms with Crippen LogP contribution < -0.4 is 0 Å². The van der Waals surface area contributed by atoms with Gasteiger partial charge in [-0.3, -0.25) is 9.59 Å². The van der Waals surface area contributed by atoms with Gasteiger partial charge in [-0.15, -0.1) is 0 Å². The van der Waals surface area contributed by atoms with Crippen LogP contribution in [0.2, 0.25) is 0 Å². The van der Waals surface area contributed by atoms with Crippen LogP contribution in [0, 0.1) is 5.92 Å². The number of aliphatic hydroxyl groups is 1. The predicted octanol–water partition coefficient (Wildman–Crippen LogP) is -0.575. The first kappa shape index (κ1) is 8.07. The number of aliphatic hydroxyl groups excluding tert-OH is 1. The molecule has 2 saturated heterocycles. The average Bonchev–Trinajstić information content (AvgIpc) is 2.28. The van der Waals surface area contributed by atoms with Crippen LogP contribution in [0.3, 0.4) is 0 Å². The lowest BCUT2D eigenvalue weighted by atomic mass is 9.93. The summed E-state index contributed by atoms with van der Waals surface area (Å²) in [6.45, 7) is 1.81. The Morgan fingerprint density at radius 1 is 1.67 bits per heavy atom. The molecule has 0 bridgehead atoms. The quantitative estimate of drug-likeness (QED) is 0.558. The Morgan fingerprint density at radius 2 is 2.33 bits per heavy atom. The maximum absolute atomic E-state index is 11.2. The number of carbonyl (C=O) groups is 2. The van der Waals surface area contributed by atoms with Crippen molar-refractivity contribution in [3.05, 3.63) is 0 Å². The van der Waals surface area contributed by atoms with Gasteiger partial charge in [0.1, 0.15) is 0 Å². The molecule has 4 nitrogen and oxygen atoms in total. The standard InChI is InChI=1S/C7H9NO3S/c1-3(9)5-6(11)8-2-4(10)12-7(5)8/h3,5,7,9H,2H2,1H3/t3?,5?,7-/m0/s1. The molecule has 5 heteroatoms. The van der Waals surface area contributed by atoms with Crippen molar-refractivity contribution in [3.63, 3.8) is 0 Å². The molecule has 12 heavy (non-hydrogen) atoms. The first-order chi connectivity index (χ1) is 5.61. The van der Waals surface area contributed by atoms with Crippen molar-refractivity contribution in [2.45, 2.75) is 18.4 Å². The van der Waals surface area contributed by atoms with Crippen LogP contribution >= 0.6 is 11.8 Å². The molecule has 0 saturated carbocycles. The fourth-order valence-corrected chi connectivity index (χ4v) is 2.89. The molecular weight excluding hydrogens is 178 g/mol. The molecule has 0 aromatic rings. The molecule has 2 aliphatic heterocycles. The van der Waals surface area contributed by atoms with Crippen LogP contribution in [0.25, 0.3) is 0 Å². The lowest BCUT2D eigenvalue weighted by Crippen LogP contribution is -2.60. The van der Waals surface area contributed by atoms with Gasteiger partial charge in [-0.25, -0.2) is 0 Å². The number of carbonyl (C=O) groups excluding carboxylic acids is 2.